The molecule has 1 aliphatic heterocycles. The lowest BCUT2D eigenvalue weighted by atomic mass is 10.2. The minimum Gasteiger partial charge on any atom is -0.486 e. The molecule has 1 N–H and O–H groups in total. The molecule has 0 saturated carbocycles. The number of nitrogens with one attached hydrogen (secondary N) is 1. The van der Waals surface area contributed by atoms with E-state index in [9.17, 15) is 20.2 Å². The Kier molecular flexibility index (Phi) is 6.02. The van der Waals surface area contributed by atoms with E-state index in [1.807, 2.05) is 18.2 Å². The summed E-state index contributed by atoms with van der Waals surface area (Å²) in [5, 5.41) is 26.3. The van der Waals surface area contributed by atoms with Gasteiger partial charge in [-0.2, -0.15) is 5.26 Å². The van der Waals surface area contributed by atoms with E-state index in [-0.39, 0.29) is 41.7 Å². The van der Waals surface area contributed by atoms with Gasteiger partial charge >= 0.3 is 0 Å². The maximum Gasteiger partial charge on any atom is 0.296 e. The maximum atomic E-state index is 12.7. The number of ether oxygens (including phenoxy) is 2. The number of nitrogens with zero attached hydrogens (tertiary/aromatic N) is 3. The average molecular weight is 469 g/mol. The van der Waals surface area contributed by atoms with Gasteiger partial charge in [0.2, 0.25) is 0 Å². The fourth-order valence-electron chi connectivity index (χ4n) is 2.89. The summed E-state index contributed by atoms with van der Waals surface area (Å²) in [5.74, 6) is -0.325. The van der Waals surface area contributed by atoms with Gasteiger partial charge in [0.1, 0.15) is 35.6 Å². The van der Waals surface area contributed by atoms with Crippen molar-refractivity contribution in [3.8, 4) is 28.1 Å². The number of amides is 1. The minimum atomic E-state index is -0.812. The normalized spacial score (nSPS) is 12.7. The number of carbonyl (C=O) groups is 1. The van der Waals surface area contributed by atoms with Gasteiger partial charge in [-0.15, -0.1) is 11.3 Å². The van der Waals surface area contributed by atoms with Crippen molar-refractivity contribution >= 4 is 46.3 Å². The molecule has 9 nitrogen and oxygen atoms in total. The molecule has 1 aliphatic rings. The van der Waals surface area contributed by atoms with Crippen molar-refractivity contribution in [2.24, 2.45) is 0 Å². The van der Waals surface area contributed by atoms with Crippen LogP contribution >= 0.6 is 22.9 Å². The molecule has 0 bridgehead atoms. The Hall–Kier alpha value is -3.94. The predicted molar refractivity (Wildman–Crippen MR) is 119 cm³/mol. The number of nitriles is 1. The molecule has 32 heavy (non-hydrogen) atoms. The number of nitro groups is 1. The maximum absolute atomic E-state index is 12.7. The number of nitro benzene ring substituents is 1. The van der Waals surface area contributed by atoms with Crippen LogP contribution in [0.1, 0.15) is 5.69 Å². The largest absolute Gasteiger partial charge is 0.486 e. The van der Waals surface area contributed by atoms with E-state index < -0.39 is 10.8 Å². The van der Waals surface area contributed by atoms with Gasteiger partial charge in [-0.3, -0.25) is 14.9 Å². The van der Waals surface area contributed by atoms with Crippen LogP contribution in [0.15, 0.2) is 47.4 Å². The van der Waals surface area contributed by atoms with Crippen molar-refractivity contribution in [1.29, 1.82) is 5.26 Å². The molecule has 0 saturated heterocycles. The number of anilines is 1. The third kappa shape index (κ3) is 4.54. The summed E-state index contributed by atoms with van der Waals surface area (Å²) in [5.41, 5.74) is 0.503. The number of benzene rings is 2. The van der Waals surface area contributed by atoms with E-state index in [0.29, 0.717) is 15.7 Å². The Morgan fingerprint density at radius 1 is 1.25 bits per heavy atom. The van der Waals surface area contributed by atoms with E-state index in [4.69, 9.17) is 21.1 Å². The summed E-state index contributed by atoms with van der Waals surface area (Å²) in [6.45, 7) is 0.546. The Morgan fingerprint density at radius 2 is 1.94 bits per heavy atom. The van der Waals surface area contributed by atoms with E-state index in [2.05, 4.69) is 10.3 Å². The zero-order valence-corrected chi connectivity index (χ0v) is 17.8. The number of hydrogen-bond acceptors (Lipinski definition) is 8. The topological polar surface area (TPSA) is 127 Å². The second kappa shape index (κ2) is 9.05. The molecule has 160 valence electrons. The standard InChI is InChI=1S/C21H13ClN4O5S/c22-14-3-1-12(2-4-14)21-24-15(11-32-21)7-13(10-23)20(27)25-16-8-18-19(31-6-5-30-18)9-17(16)26(28)29/h1-4,7-9,11H,5-6H2,(H,25,27)/b13-7+. The molecular weight excluding hydrogens is 456 g/mol. The highest BCUT2D eigenvalue weighted by atomic mass is 35.5. The minimum absolute atomic E-state index is 0.106. The zero-order chi connectivity index (χ0) is 22.7. The van der Waals surface area contributed by atoms with Crippen LogP contribution < -0.4 is 14.8 Å². The van der Waals surface area contributed by atoms with E-state index >= 15 is 0 Å². The Labute approximate surface area is 190 Å². The smallest absolute Gasteiger partial charge is 0.296 e. The lowest BCUT2D eigenvalue weighted by molar-refractivity contribution is -0.384. The molecule has 2 aromatic carbocycles. The van der Waals surface area contributed by atoms with Crippen molar-refractivity contribution in [1.82, 2.24) is 4.98 Å². The number of halogens is 1. The number of carbonyl (C=O) groups excluding carboxylic acids is 1. The molecule has 0 atom stereocenters. The summed E-state index contributed by atoms with van der Waals surface area (Å²) < 4.78 is 10.8. The van der Waals surface area contributed by atoms with Gasteiger partial charge in [0.15, 0.2) is 11.5 Å². The molecule has 1 amide bonds. The molecule has 0 fully saturated rings. The number of fused-ring (bicyclic) bond motifs is 1. The molecule has 1 aromatic heterocycles. The van der Waals surface area contributed by atoms with Crippen molar-refractivity contribution in [2.75, 3.05) is 18.5 Å². The lowest BCUT2D eigenvalue weighted by Gasteiger charge is -2.19. The molecule has 2 heterocycles. The Morgan fingerprint density at radius 3 is 2.59 bits per heavy atom. The first-order valence-electron chi connectivity index (χ1n) is 9.17. The van der Waals surface area contributed by atoms with Gasteiger partial charge in [-0.25, -0.2) is 4.98 Å². The van der Waals surface area contributed by atoms with Crippen LogP contribution in [-0.4, -0.2) is 29.0 Å². The SMILES string of the molecule is N#C/C(=C\c1csc(-c2ccc(Cl)cc2)n1)C(=O)Nc1cc2c(cc1[N+](=O)[O-])OCCO2. The second-order valence-electron chi connectivity index (χ2n) is 6.48. The van der Waals surface area contributed by atoms with Gasteiger partial charge in [0, 0.05) is 22.0 Å². The first kappa shape index (κ1) is 21.3. The molecular formula is C21H13ClN4O5S. The van der Waals surface area contributed by atoms with Crippen LogP contribution in [0.25, 0.3) is 16.6 Å². The quantitative estimate of drug-likeness (QED) is 0.249. The van der Waals surface area contributed by atoms with Crippen LogP contribution in [-0.2, 0) is 4.79 Å². The van der Waals surface area contributed by atoms with Crippen LogP contribution in [0.4, 0.5) is 11.4 Å². The highest BCUT2D eigenvalue weighted by molar-refractivity contribution is 7.13. The van der Waals surface area contributed by atoms with Gasteiger partial charge in [-0.1, -0.05) is 23.7 Å². The fraction of sp³-hybridized carbons (Fsp3) is 0.0952. The van der Waals surface area contributed by atoms with Gasteiger partial charge in [-0.05, 0) is 18.2 Å². The van der Waals surface area contributed by atoms with Crippen molar-refractivity contribution in [3.05, 3.63) is 68.2 Å². The Balaban J connectivity index is 1.59. The summed E-state index contributed by atoms with van der Waals surface area (Å²) in [6.07, 6.45) is 1.31. The van der Waals surface area contributed by atoms with Crippen LogP contribution in [0, 0.1) is 21.4 Å². The number of aromatic nitrogens is 1. The summed E-state index contributed by atoms with van der Waals surface area (Å²) in [6, 6.07) is 11.4. The van der Waals surface area contributed by atoms with Crippen molar-refractivity contribution in [3.63, 3.8) is 0 Å². The van der Waals surface area contributed by atoms with Gasteiger partial charge < -0.3 is 14.8 Å². The van der Waals surface area contributed by atoms with E-state index in [0.717, 1.165) is 5.56 Å². The number of hydrogen-bond donors (Lipinski definition) is 1. The lowest BCUT2D eigenvalue weighted by Crippen LogP contribution is -2.18. The molecule has 0 aliphatic carbocycles. The zero-order valence-electron chi connectivity index (χ0n) is 16.2. The molecule has 0 radical (unpaired) electrons. The van der Waals surface area contributed by atoms with Crippen LogP contribution in [0.3, 0.4) is 0 Å². The number of thiazole rings is 1. The van der Waals surface area contributed by atoms with Crippen molar-refractivity contribution in [2.45, 2.75) is 0 Å². The first-order chi connectivity index (χ1) is 15.4. The van der Waals surface area contributed by atoms with Crippen molar-refractivity contribution < 1.29 is 19.2 Å². The average Bonchev–Trinajstić information content (AvgIpc) is 3.26. The monoisotopic (exact) mass is 468 g/mol. The third-order valence-corrected chi connectivity index (χ3v) is 5.54. The molecule has 0 unspecified atom stereocenters. The van der Waals surface area contributed by atoms with Crippen LogP contribution in [0.5, 0.6) is 11.5 Å². The number of rotatable bonds is 5. The van der Waals surface area contributed by atoms with E-state index in [1.165, 1.54) is 29.5 Å². The fourth-order valence-corrected chi connectivity index (χ4v) is 3.80. The second-order valence-corrected chi connectivity index (χ2v) is 7.77. The Bertz CT molecular complexity index is 1280. The molecule has 3 aromatic rings. The van der Waals surface area contributed by atoms with Gasteiger partial charge in [0.25, 0.3) is 11.6 Å². The summed E-state index contributed by atoms with van der Waals surface area (Å²) in [7, 11) is 0. The summed E-state index contributed by atoms with van der Waals surface area (Å²) >= 11 is 7.24. The molecule has 4 rings (SSSR count). The first-order valence-corrected chi connectivity index (χ1v) is 10.4. The molecule has 0 spiro atoms. The predicted octanol–water partition coefficient (Wildman–Crippen LogP) is 4.69. The van der Waals surface area contributed by atoms with Crippen LogP contribution in [0.2, 0.25) is 5.02 Å². The summed E-state index contributed by atoms with van der Waals surface area (Å²) in [4.78, 5) is 27.9. The highest BCUT2D eigenvalue weighted by Crippen LogP contribution is 2.39. The van der Waals surface area contributed by atoms with Gasteiger partial charge in [0.05, 0.1) is 16.7 Å². The highest BCUT2D eigenvalue weighted by Gasteiger charge is 2.24. The van der Waals surface area contributed by atoms with E-state index in [1.54, 1.807) is 17.5 Å². The third-order valence-electron chi connectivity index (χ3n) is 4.38. The molecule has 11 heteroatoms.